The average Bonchev–Trinajstić information content (AvgIpc) is 3.08. The van der Waals surface area contributed by atoms with Gasteiger partial charge in [-0.2, -0.15) is 0 Å². The molecule has 0 bridgehead atoms. The van der Waals surface area contributed by atoms with Crippen molar-refractivity contribution >= 4 is 17.9 Å². The van der Waals surface area contributed by atoms with Gasteiger partial charge in [-0.3, -0.25) is 0 Å². The Labute approximate surface area is 252 Å². The van der Waals surface area contributed by atoms with Crippen molar-refractivity contribution in [3.63, 3.8) is 0 Å². The summed E-state index contributed by atoms with van der Waals surface area (Å²) in [6.45, 7) is -0.609. The number of esters is 3. The van der Waals surface area contributed by atoms with Gasteiger partial charge >= 0.3 is 17.9 Å². The van der Waals surface area contributed by atoms with Crippen LogP contribution in [0.4, 0.5) is 4.39 Å². The molecular weight excluding hydrogens is 571 g/mol. The van der Waals surface area contributed by atoms with E-state index < -0.39 is 61.6 Å². The minimum absolute atomic E-state index is 0.124. The summed E-state index contributed by atoms with van der Waals surface area (Å²) < 4.78 is 44.5. The van der Waals surface area contributed by atoms with Crippen LogP contribution in [0, 0.1) is 0 Å². The Hall–Kier alpha value is -4.90. The van der Waals surface area contributed by atoms with E-state index in [4.69, 9.17) is 23.7 Å². The van der Waals surface area contributed by atoms with Gasteiger partial charge < -0.3 is 28.8 Å². The number of rotatable bonds is 10. The zero-order valence-electron chi connectivity index (χ0n) is 23.3. The first kappa shape index (κ1) is 30.6. The molecule has 0 aromatic heterocycles. The summed E-state index contributed by atoms with van der Waals surface area (Å²) in [5.74, 6) is -2.48. The van der Waals surface area contributed by atoms with Gasteiger partial charge in [0.1, 0.15) is 12.7 Å². The van der Waals surface area contributed by atoms with Crippen molar-refractivity contribution < 1.29 is 47.6 Å². The Morgan fingerprint density at radius 1 is 0.659 bits per heavy atom. The molecule has 0 saturated carbocycles. The predicted molar refractivity (Wildman–Crippen MR) is 154 cm³/mol. The quantitative estimate of drug-likeness (QED) is 0.151. The minimum atomic E-state index is -2.13. The predicted octanol–water partition coefficient (Wildman–Crippen LogP) is 5.07. The smallest absolute Gasteiger partial charge is 0.340 e. The van der Waals surface area contributed by atoms with E-state index in [0.29, 0.717) is 5.56 Å². The maximum absolute atomic E-state index is 16.3. The van der Waals surface area contributed by atoms with E-state index in [1.165, 1.54) is 36.4 Å². The van der Waals surface area contributed by atoms with E-state index >= 15 is 4.39 Å². The highest BCUT2D eigenvalue weighted by Gasteiger charge is 2.52. The van der Waals surface area contributed by atoms with Gasteiger partial charge in [-0.15, -0.1) is 0 Å². The first-order valence-corrected chi connectivity index (χ1v) is 13.8. The Morgan fingerprint density at radius 3 is 1.64 bits per heavy atom. The molecule has 1 fully saturated rings. The number of ether oxygens (including phenoxy) is 5. The van der Waals surface area contributed by atoms with Crippen LogP contribution in [0.2, 0.25) is 0 Å². The molecule has 1 aliphatic heterocycles. The second kappa shape index (κ2) is 14.5. The lowest BCUT2D eigenvalue weighted by atomic mass is 9.99. The second-order valence-corrected chi connectivity index (χ2v) is 9.82. The molecule has 6 atom stereocenters. The Balaban J connectivity index is 1.45. The number of halogens is 1. The number of carbonyl (C=O) groups is 3. The highest BCUT2D eigenvalue weighted by Crippen LogP contribution is 2.33. The summed E-state index contributed by atoms with van der Waals surface area (Å²) in [5, 5.41) is 10.9. The molecule has 10 heteroatoms. The number of hydrogen-bond donors (Lipinski definition) is 1. The molecule has 0 amide bonds. The zero-order valence-corrected chi connectivity index (χ0v) is 23.3. The lowest BCUT2D eigenvalue weighted by Crippen LogP contribution is -2.60. The van der Waals surface area contributed by atoms with Gasteiger partial charge in [0, 0.05) is 5.56 Å². The summed E-state index contributed by atoms with van der Waals surface area (Å²) in [7, 11) is 0. The van der Waals surface area contributed by atoms with Crippen LogP contribution in [0.5, 0.6) is 0 Å². The average molecular weight is 601 g/mol. The summed E-state index contributed by atoms with van der Waals surface area (Å²) in [6, 6.07) is 32.1. The minimum Gasteiger partial charge on any atom is -0.459 e. The Kier molecular flexibility index (Phi) is 10.1. The lowest BCUT2D eigenvalue weighted by molar-refractivity contribution is -0.309. The van der Waals surface area contributed by atoms with Gasteiger partial charge in [0.25, 0.3) is 0 Å². The summed E-state index contributed by atoms with van der Waals surface area (Å²) in [5.41, 5.74) is 0.817. The third-order valence-electron chi connectivity index (χ3n) is 6.81. The Morgan fingerprint density at radius 2 is 1.11 bits per heavy atom. The van der Waals surface area contributed by atoms with Gasteiger partial charge in [0.15, 0.2) is 24.7 Å². The SMILES string of the molecule is O=C(OCC1OC(OC(=O)c2ccccc2)C(OC(O)c2ccccc2)C(OC(=O)c2ccccc2)C1F)c1ccccc1. The van der Waals surface area contributed by atoms with Gasteiger partial charge in [-0.05, 0) is 36.4 Å². The van der Waals surface area contributed by atoms with Crippen molar-refractivity contribution in [2.45, 2.75) is 37.1 Å². The van der Waals surface area contributed by atoms with E-state index in [2.05, 4.69) is 0 Å². The van der Waals surface area contributed by atoms with Crippen molar-refractivity contribution in [3.8, 4) is 0 Å². The van der Waals surface area contributed by atoms with E-state index in [-0.39, 0.29) is 16.7 Å². The fourth-order valence-electron chi connectivity index (χ4n) is 4.55. The molecule has 226 valence electrons. The van der Waals surface area contributed by atoms with Crippen LogP contribution in [0.3, 0.4) is 0 Å². The summed E-state index contributed by atoms with van der Waals surface area (Å²) >= 11 is 0. The van der Waals surface area contributed by atoms with E-state index in [0.717, 1.165) is 0 Å². The molecule has 5 rings (SSSR count). The summed E-state index contributed by atoms with van der Waals surface area (Å²) in [4.78, 5) is 38.8. The van der Waals surface area contributed by atoms with Gasteiger partial charge in [0.05, 0.1) is 16.7 Å². The van der Waals surface area contributed by atoms with Crippen molar-refractivity contribution in [1.82, 2.24) is 0 Å². The van der Waals surface area contributed by atoms with Crippen molar-refractivity contribution in [3.05, 3.63) is 144 Å². The van der Waals surface area contributed by atoms with E-state index in [9.17, 15) is 19.5 Å². The second-order valence-electron chi connectivity index (χ2n) is 9.82. The molecule has 1 aliphatic rings. The fraction of sp³-hybridized carbons (Fsp3) is 0.206. The van der Waals surface area contributed by atoms with Crippen LogP contribution < -0.4 is 0 Å². The number of aliphatic hydroxyl groups excluding tert-OH is 1. The number of benzene rings is 4. The maximum atomic E-state index is 16.3. The third kappa shape index (κ3) is 7.54. The molecule has 1 N–H and O–H groups in total. The van der Waals surface area contributed by atoms with Gasteiger partial charge in [-0.1, -0.05) is 84.9 Å². The molecule has 1 saturated heterocycles. The lowest BCUT2D eigenvalue weighted by Gasteiger charge is -2.42. The van der Waals surface area contributed by atoms with Crippen LogP contribution in [-0.2, 0) is 23.7 Å². The molecule has 0 radical (unpaired) electrons. The van der Waals surface area contributed by atoms with E-state index in [1.807, 2.05) is 0 Å². The van der Waals surface area contributed by atoms with Crippen molar-refractivity contribution in [1.29, 1.82) is 0 Å². The van der Waals surface area contributed by atoms with Crippen LogP contribution in [0.1, 0.15) is 42.9 Å². The normalized spacial score (nSPS) is 21.9. The number of aliphatic hydroxyl groups is 1. The summed E-state index contributed by atoms with van der Waals surface area (Å²) in [6.07, 6.45) is -10.4. The highest BCUT2D eigenvalue weighted by molar-refractivity contribution is 5.90. The van der Waals surface area contributed by atoms with Crippen molar-refractivity contribution in [2.75, 3.05) is 6.61 Å². The first-order chi connectivity index (χ1) is 21.4. The molecular formula is C34H29FO9. The van der Waals surface area contributed by atoms with Gasteiger partial charge in [0.2, 0.25) is 6.29 Å². The van der Waals surface area contributed by atoms with Crippen LogP contribution in [0.25, 0.3) is 0 Å². The number of hydrogen-bond acceptors (Lipinski definition) is 9. The van der Waals surface area contributed by atoms with Crippen LogP contribution >= 0.6 is 0 Å². The maximum Gasteiger partial charge on any atom is 0.340 e. The van der Waals surface area contributed by atoms with E-state index in [1.54, 1.807) is 84.9 Å². The third-order valence-corrected chi connectivity index (χ3v) is 6.81. The molecule has 6 unspecified atom stereocenters. The molecule has 44 heavy (non-hydrogen) atoms. The molecule has 0 aliphatic carbocycles. The van der Waals surface area contributed by atoms with Crippen molar-refractivity contribution in [2.24, 2.45) is 0 Å². The fourth-order valence-corrected chi connectivity index (χ4v) is 4.55. The molecule has 9 nitrogen and oxygen atoms in total. The highest BCUT2D eigenvalue weighted by atomic mass is 19.1. The topological polar surface area (TPSA) is 118 Å². The number of alkyl halides is 1. The molecule has 0 spiro atoms. The van der Waals surface area contributed by atoms with Gasteiger partial charge in [-0.25, -0.2) is 18.8 Å². The molecule has 1 heterocycles. The number of carbonyl (C=O) groups excluding carboxylic acids is 3. The monoisotopic (exact) mass is 600 g/mol. The Bertz CT molecular complexity index is 1520. The molecule has 4 aromatic carbocycles. The van der Waals surface area contributed by atoms with Crippen LogP contribution in [0.15, 0.2) is 121 Å². The first-order valence-electron chi connectivity index (χ1n) is 13.8. The zero-order chi connectivity index (χ0) is 30.9. The van der Waals surface area contributed by atoms with Crippen LogP contribution in [-0.4, -0.2) is 60.4 Å². The molecule has 4 aromatic rings. The largest absolute Gasteiger partial charge is 0.459 e. The standard InChI is InChI=1S/C34H29FO9/c35-27-26(21-40-30(36)22-13-5-1-6-14-22)41-34(44-33(39)25-19-11-4-12-20-25)29(43-32(38)24-17-9-3-10-18-24)28(27)42-31(37)23-15-7-2-8-16-23/h1-20,26-29,32,34,38H,21H2.